The van der Waals surface area contributed by atoms with Crippen molar-refractivity contribution in [3.8, 4) is 0 Å². The number of halogens is 2. The van der Waals surface area contributed by atoms with Crippen molar-refractivity contribution in [2.45, 2.75) is 44.6 Å². The highest BCUT2D eigenvalue weighted by atomic mass is 79.9. The molecule has 19 heavy (non-hydrogen) atoms. The smallest absolute Gasteiger partial charge is 0.171 e. The molecule has 0 bridgehead atoms. The van der Waals surface area contributed by atoms with Crippen molar-refractivity contribution in [2.75, 3.05) is 5.32 Å². The van der Waals surface area contributed by atoms with Gasteiger partial charge in [-0.1, -0.05) is 35.7 Å². The van der Waals surface area contributed by atoms with Crippen molar-refractivity contribution < 1.29 is 4.39 Å². The molecule has 1 saturated carbocycles. The van der Waals surface area contributed by atoms with Gasteiger partial charge >= 0.3 is 0 Å². The van der Waals surface area contributed by atoms with Gasteiger partial charge in [0.1, 0.15) is 5.82 Å². The van der Waals surface area contributed by atoms with Crippen molar-refractivity contribution in [2.24, 2.45) is 0 Å². The van der Waals surface area contributed by atoms with E-state index in [9.17, 15) is 4.39 Å². The van der Waals surface area contributed by atoms with E-state index in [-0.39, 0.29) is 11.4 Å². The first-order valence-electron chi connectivity index (χ1n) is 6.59. The molecule has 0 heterocycles. The molecule has 5 heteroatoms. The van der Waals surface area contributed by atoms with Gasteiger partial charge in [0.15, 0.2) is 5.11 Å². The molecule has 104 valence electrons. The molecule has 0 radical (unpaired) electrons. The quantitative estimate of drug-likeness (QED) is 0.783. The molecule has 0 amide bonds. The molecule has 0 spiro atoms. The lowest BCUT2D eigenvalue weighted by atomic mass is 9.95. The fourth-order valence-corrected chi connectivity index (χ4v) is 3.26. The lowest BCUT2D eigenvalue weighted by molar-refractivity contribution is 0.378. The van der Waals surface area contributed by atoms with Gasteiger partial charge in [0.25, 0.3) is 0 Å². The predicted molar refractivity (Wildman–Crippen MR) is 84.9 cm³/mol. The third-order valence-corrected chi connectivity index (χ3v) is 4.49. The van der Waals surface area contributed by atoms with Crippen LogP contribution in [-0.4, -0.2) is 10.7 Å². The van der Waals surface area contributed by atoms with Gasteiger partial charge in [0, 0.05) is 10.0 Å². The molecule has 0 saturated heterocycles. The Bertz CT molecular complexity index is 473. The van der Waals surface area contributed by atoms with Crippen LogP contribution in [0.25, 0.3) is 0 Å². The Morgan fingerprint density at radius 2 is 2.11 bits per heavy atom. The first-order chi connectivity index (χ1) is 9.04. The van der Waals surface area contributed by atoms with E-state index in [1.54, 1.807) is 12.1 Å². The van der Waals surface area contributed by atoms with Crippen LogP contribution in [0.1, 0.15) is 39.0 Å². The zero-order valence-corrected chi connectivity index (χ0v) is 13.3. The van der Waals surface area contributed by atoms with Crippen LogP contribution in [0.2, 0.25) is 0 Å². The summed E-state index contributed by atoms with van der Waals surface area (Å²) in [4.78, 5) is 0. The van der Waals surface area contributed by atoms with Crippen LogP contribution in [0.3, 0.4) is 0 Å². The Balaban J connectivity index is 2.01. The SMILES string of the molecule is CCC1(NC(=S)Nc2ccc(Br)cc2F)CCCC1. The summed E-state index contributed by atoms with van der Waals surface area (Å²) in [5.74, 6) is -0.310. The summed E-state index contributed by atoms with van der Waals surface area (Å²) in [7, 11) is 0. The van der Waals surface area contributed by atoms with Crippen LogP contribution in [-0.2, 0) is 0 Å². The molecule has 1 aromatic rings. The van der Waals surface area contributed by atoms with Crippen molar-refractivity contribution in [1.82, 2.24) is 5.32 Å². The molecule has 1 fully saturated rings. The van der Waals surface area contributed by atoms with Gasteiger partial charge in [-0.2, -0.15) is 0 Å². The number of nitrogens with one attached hydrogen (secondary N) is 2. The molecule has 1 aromatic carbocycles. The van der Waals surface area contributed by atoms with Crippen LogP contribution in [0, 0.1) is 5.82 Å². The first kappa shape index (κ1) is 14.7. The van der Waals surface area contributed by atoms with Gasteiger partial charge in [-0.05, 0) is 49.7 Å². The summed E-state index contributed by atoms with van der Waals surface area (Å²) in [6.45, 7) is 2.17. The lowest BCUT2D eigenvalue weighted by Gasteiger charge is -2.30. The highest BCUT2D eigenvalue weighted by molar-refractivity contribution is 9.10. The van der Waals surface area contributed by atoms with Gasteiger partial charge < -0.3 is 10.6 Å². The second kappa shape index (κ2) is 6.18. The van der Waals surface area contributed by atoms with Crippen molar-refractivity contribution >= 4 is 38.9 Å². The molecule has 1 aliphatic rings. The molecule has 2 rings (SSSR count). The number of benzene rings is 1. The van der Waals surface area contributed by atoms with Crippen molar-refractivity contribution in [1.29, 1.82) is 0 Å². The van der Waals surface area contributed by atoms with Crippen LogP contribution in [0.5, 0.6) is 0 Å². The van der Waals surface area contributed by atoms with E-state index in [0.29, 0.717) is 10.8 Å². The number of hydrogen-bond acceptors (Lipinski definition) is 1. The molecule has 0 aliphatic heterocycles. The first-order valence-corrected chi connectivity index (χ1v) is 7.79. The van der Waals surface area contributed by atoms with Gasteiger partial charge in [0.2, 0.25) is 0 Å². The van der Waals surface area contributed by atoms with Gasteiger partial charge in [0.05, 0.1) is 5.69 Å². The van der Waals surface area contributed by atoms with E-state index in [1.807, 2.05) is 0 Å². The minimum Gasteiger partial charge on any atom is -0.357 e. The predicted octanol–water partition coefficient (Wildman–Crippen LogP) is 4.60. The monoisotopic (exact) mass is 344 g/mol. The lowest BCUT2D eigenvalue weighted by Crippen LogP contribution is -2.47. The normalized spacial score (nSPS) is 17.2. The Morgan fingerprint density at radius 1 is 1.42 bits per heavy atom. The van der Waals surface area contributed by atoms with Gasteiger partial charge in [-0.25, -0.2) is 4.39 Å². The number of anilines is 1. The summed E-state index contributed by atoms with van der Waals surface area (Å²) in [5, 5.41) is 6.83. The van der Waals surface area contributed by atoms with E-state index in [2.05, 4.69) is 33.5 Å². The fraction of sp³-hybridized carbons (Fsp3) is 0.500. The Kier molecular flexibility index (Phi) is 4.79. The fourth-order valence-electron chi connectivity index (χ4n) is 2.60. The van der Waals surface area contributed by atoms with E-state index in [0.717, 1.165) is 23.7 Å². The number of rotatable bonds is 3. The molecule has 0 unspecified atom stereocenters. The largest absolute Gasteiger partial charge is 0.357 e. The average molecular weight is 345 g/mol. The summed E-state index contributed by atoms with van der Waals surface area (Å²) in [6, 6.07) is 4.90. The highest BCUT2D eigenvalue weighted by Crippen LogP contribution is 2.32. The van der Waals surface area contributed by atoms with E-state index in [4.69, 9.17) is 12.2 Å². The summed E-state index contributed by atoms with van der Waals surface area (Å²) in [6.07, 6.45) is 5.77. The molecule has 0 atom stereocenters. The van der Waals surface area contributed by atoms with Crippen LogP contribution >= 0.6 is 28.1 Å². The summed E-state index contributed by atoms with van der Waals surface area (Å²) < 4.78 is 14.4. The molecular formula is C14H18BrFN2S. The minimum atomic E-state index is -0.310. The minimum absolute atomic E-state index is 0.0932. The second-order valence-corrected chi connectivity index (χ2v) is 6.37. The Labute approximate surface area is 127 Å². The molecule has 0 aromatic heterocycles. The molecule has 2 N–H and O–H groups in total. The topological polar surface area (TPSA) is 24.1 Å². The zero-order valence-electron chi connectivity index (χ0n) is 10.9. The van der Waals surface area contributed by atoms with Crippen LogP contribution in [0.4, 0.5) is 10.1 Å². The highest BCUT2D eigenvalue weighted by Gasteiger charge is 2.32. The van der Waals surface area contributed by atoms with Crippen molar-refractivity contribution in [3.63, 3.8) is 0 Å². The Hall–Kier alpha value is -0.680. The number of thiocarbonyl (C=S) groups is 1. The van der Waals surface area contributed by atoms with Gasteiger partial charge in [-0.15, -0.1) is 0 Å². The van der Waals surface area contributed by atoms with E-state index >= 15 is 0 Å². The van der Waals surface area contributed by atoms with Crippen LogP contribution < -0.4 is 10.6 Å². The van der Waals surface area contributed by atoms with E-state index in [1.165, 1.54) is 18.9 Å². The second-order valence-electron chi connectivity index (χ2n) is 5.04. The number of hydrogen-bond donors (Lipinski definition) is 2. The maximum atomic E-state index is 13.7. The average Bonchev–Trinajstić information content (AvgIpc) is 2.82. The van der Waals surface area contributed by atoms with Gasteiger partial charge in [-0.3, -0.25) is 0 Å². The third kappa shape index (κ3) is 3.66. The molecular weight excluding hydrogens is 327 g/mol. The van der Waals surface area contributed by atoms with Crippen LogP contribution in [0.15, 0.2) is 22.7 Å². The third-order valence-electron chi connectivity index (χ3n) is 3.80. The standard InChI is InChI=1S/C14H18BrFN2S/c1-2-14(7-3-4-8-14)18-13(19)17-12-6-5-10(15)9-11(12)16/h5-6,9H,2-4,7-8H2,1H3,(H2,17,18,19). The Morgan fingerprint density at radius 3 is 2.68 bits per heavy atom. The summed E-state index contributed by atoms with van der Waals surface area (Å²) >= 11 is 8.54. The van der Waals surface area contributed by atoms with E-state index < -0.39 is 0 Å². The zero-order chi connectivity index (χ0) is 13.9. The maximum Gasteiger partial charge on any atom is 0.171 e. The van der Waals surface area contributed by atoms with Crippen molar-refractivity contribution in [3.05, 3.63) is 28.5 Å². The molecule has 2 nitrogen and oxygen atoms in total. The summed E-state index contributed by atoms with van der Waals surface area (Å²) in [5.41, 5.74) is 0.501. The maximum absolute atomic E-state index is 13.7. The molecule has 1 aliphatic carbocycles.